The first-order valence-electron chi connectivity index (χ1n) is 6.09. The molecule has 7 heteroatoms. The van der Waals surface area contributed by atoms with E-state index in [1.54, 1.807) is 7.05 Å². The van der Waals surface area contributed by atoms with Crippen molar-refractivity contribution in [3.8, 4) is 0 Å². The minimum atomic E-state index is -4.23. The summed E-state index contributed by atoms with van der Waals surface area (Å²) in [6, 6.07) is 0. The number of halogens is 4. The zero-order chi connectivity index (χ0) is 14.2. The summed E-state index contributed by atoms with van der Waals surface area (Å²) >= 11 is 5.86. The van der Waals surface area contributed by atoms with Gasteiger partial charge in [0.25, 0.3) is 0 Å². The Kier molecular flexibility index (Phi) is 3.90. The SMILES string of the molecule is Cn1ncc(Cl)c1C(=O)C1CCCC(C(F)(F)F)C1. The maximum Gasteiger partial charge on any atom is 0.391 e. The molecule has 0 aromatic carbocycles. The van der Waals surface area contributed by atoms with Crippen LogP contribution in [-0.4, -0.2) is 21.7 Å². The number of ketones is 1. The highest BCUT2D eigenvalue weighted by Gasteiger charge is 2.44. The first-order valence-corrected chi connectivity index (χ1v) is 6.47. The molecule has 1 aromatic rings. The monoisotopic (exact) mass is 294 g/mol. The number of rotatable bonds is 2. The van der Waals surface area contributed by atoms with Crippen LogP contribution in [0.2, 0.25) is 5.02 Å². The fraction of sp³-hybridized carbons (Fsp3) is 0.667. The highest BCUT2D eigenvalue weighted by atomic mass is 35.5. The van der Waals surface area contributed by atoms with Gasteiger partial charge in [0.2, 0.25) is 0 Å². The number of carbonyl (C=O) groups is 1. The van der Waals surface area contributed by atoms with Crippen LogP contribution in [0.4, 0.5) is 13.2 Å². The van der Waals surface area contributed by atoms with E-state index in [1.165, 1.54) is 10.9 Å². The second-order valence-corrected chi connectivity index (χ2v) is 5.34. The van der Waals surface area contributed by atoms with Gasteiger partial charge in [0.15, 0.2) is 5.78 Å². The van der Waals surface area contributed by atoms with Gasteiger partial charge in [-0.05, 0) is 19.3 Å². The Morgan fingerprint density at radius 3 is 2.68 bits per heavy atom. The summed E-state index contributed by atoms with van der Waals surface area (Å²) in [6.45, 7) is 0. The van der Waals surface area contributed by atoms with Crippen LogP contribution in [0.25, 0.3) is 0 Å². The Labute approximate surface area is 113 Å². The molecule has 1 aliphatic rings. The number of alkyl halides is 3. The number of carbonyl (C=O) groups excluding carboxylic acids is 1. The molecule has 0 bridgehead atoms. The molecule has 1 fully saturated rings. The smallest absolute Gasteiger partial charge is 0.292 e. The summed E-state index contributed by atoms with van der Waals surface area (Å²) in [7, 11) is 1.56. The fourth-order valence-corrected chi connectivity index (χ4v) is 2.87. The second kappa shape index (κ2) is 5.15. The molecule has 1 heterocycles. The molecule has 0 N–H and O–H groups in total. The van der Waals surface area contributed by atoms with Gasteiger partial charge in [-0.1, -0.05) is 18.0 Å². The Morgan fingerprint density at radius 2 is 2.16 bits per heavy atom. The van der Waals surface area contributed by atoms with Gasteiger partial charge in [-0.3, -0.25) is 9.48 Å². The van der Waals surface area contributed by atoms with Gasteiger partial charge in [0, 0.05) is 13.0 Å². The fourth-order valence-electron chi connectivity index (χ4n) is 2.61. The zero-order valence-electron chi connectivity index (χ0n) is 10.4. The molecule has 0 aliphatic heterocycles. The molecule has 2 unspecified atom stereocenters. The van der Waals surface area contributed by atoms with Crippen molar-refractivity contribution >= 4 is 17.4 Å². The van der Waals surface area contributed by atoms with Crippen LogP contribution in [-0.2, 0) is 7.05 Å². The summed E-state index contributed by atoms with van der Waals surface area (Å²) in [5.41, 5.74) is 0.203. The number of aryl methyl sites for hydroxylation is 1. The predicted octanol–water partition coefficient (Wildman–Crippen LogP) is 3.62. The summed E-state index contributed by atoms with van der Waals surface area (Å²) in [6.07, 6.45) is -2.05. The van der Waals surface area contributed by atoms with Crippen LogP contribution in [0.5, 0.6) is 0 Å². The van der Waals surface area contributed by atoms with Gasteiger partial charge < -0.3 is 0 Å². The average Bonchev–Trinajstić information content (AvgIpc) is 2.67. The van der Waals surface area contributed by atoms with E-state index in [-0.39, 0.29) is 29.3 Å². The van der Waals surface area contributed by atoms with E-state index in [0.29, 0.717) is 12.8 Å². The third kappa shape index (κ3) is 2.94. The minimum absolute atomic E-state index is 0.104. The van der Waals surface area contributed by atoms with Crippen LogP contribution >= 0.6 is 11.6 Å². The number of nitrogens with zero attached hydrogens (tertiary/aromatic N) is 2. The minimum Gasteiger partial charge on any atom is -0.292 e. The van der Waals surface area contributed by atoms with Crippen LogP contribution in [0.3, 0.4) is 0 Å². The lowest BCUT2D eigenvalue weighted by atomic mass is 9.78. The normalized spacial score (nSPS) is 24.5. The molecule has 0 amide bonds. The van der Waals surface area contributed by atoms with Crippen molar-refractivity contribution in [3.63, 3.8) is 0 Å². The molecule has 2 atom stereocenters. The highest BCUT2D eigenvalue weighted by molar-refractivity contribution is 6.33. The molecule has 2 rings (SSSR count). The van der Waals surface area contributed by atoms with E-state index in [4.69, 9.17) is 11.6 Å². The number of aromatic nitrogens is 2. The first kappa shape index (κ1) is 14.4. The molecule has 19 heavy (non-hydrogen) atoms. The maximum absolute atomic E-state index is 12.7. The summed E-state index contributed by atoms with van der Waals surface area (Å²) in [5.74, 6) is -2.34. The molecule has 0 saturated heterocycles. The van der Waals surface area contributed by atoms with Gasteiger partial charge in [-0.25, -0.2) is 0 Å². The standard InChI is InChI=1S/C12H14ClF3N2O/c1-18-10(9(13)6-17-18)11(19)7-3-2-4-8(5-7)12(14,15)16/h6-8H,2-5H2,1H3. The Hall–Kier alpha value is -1.04. The van der Waals surface area contributed by atoms with Crippen LogP contribution in [0, 0.1) is 11.8 Å². The van der Waals surface area contributed by atoms with Crippen LogP contribution in [0.1, 0.15) is 36.2 Å². The third-order valence-electron chi connectivity index (χ3n) is 3.64. The largest absolute Gasteiger partial charge is 0.391 e. The van der Waals surface area contributed by atoms with Crippen molar-refractivity contribution in [2.45, 2.75) is 31.9 Å². The van der Waals surface area contributed by atoms with Crippen molar-refractivity contribution in [1.82, 2.24) is 9.78 Å². The van der Waals surface area contributed by atoms with Crippen molar-refractivity contribution < 1.29 is 18.0 Å². The van der Waals surface area contributed by atoms with E-state index < -0.39 is 18.0 Å². The number of Topliss-reactive ketones (excluding diaryl/α,β-unsaturated/α-hetero) is 1. The predicted molar refractivity (Wildman–Crippen MR) is 64.1 cm³/mol. The third-order valence-corrected chi connectivity index (χ3v) is 3.91. The number of hydrogen-bond donors (Lipinski definition) is 0. The lowest BCUT2D eigenvalue weighted by Crippen LogP contribution is -2.32. The van der Waals surface area contributed by atoms with Crippen molar-refractivity contribution in [2.24, 2.45) is 18.9 Å². The van der Waals surface area contributed by atoms with Gasteiger partial charge in [0.05, 0.1) is 17.1 Å². The van der Waals surface area contributed by atoms with Crippen molar-refractivity contribution in [2.75, 3.05) is 0 Å². The van der Waals surface area contributed by atoms with Crippen LogP contribution < -0.4 is 0 Å². The van der Waals surface area contributed by atoms with E-state index in [9.17, 15) is 18.0 Å². The maximum atomic E-state index is 12.7. The average molecular weight is 295 g/mol. The second-order valence-electron chi connectivity index (χ2n) is 4.93. The number of hydrogen-bond acceptors (Lipinski definition) is 2. The molecule has 3 nitrogen and oxygen atoms in total. The molecule has 106 valence electrons. The lowest BCUT2D eigenvalue weighted by Gasteiger charge is -2.29. The zero-order valence-corrected chi connectivity index (χ0v) is 11.1. The van der Waals surface area contributed by atoms with Gasteiger partial charge >= 0.3 is 6.18 Å². The van der Waals surface area contributed by atoms with E-state index in [1.807, 2.05) is 0 Å². The quantitative estimate of drug-likeness (QED) is 0.781. The van der Waals surface area contributed by atoms with E-state index in [2.05, 4.69) is 5.10 Å². The lowest BCUT2D eigenvalue weighted by molar-refractivity contribution is -0.184. The van der Waals surface area contributed by atoms with E-state index in [0.717, 1.165) is 0 Å². The molecule has 0 radical (unpaired) electrons. The van der Waals surface area contributed by atoms with Gasteiger partial charge in [0.1, 0.15) is 5.69 Å². The summed E-state index contributed by atoms with van der Waals surface area (Å²) < 4.78 is 39.5. The van der Waals surface area contributed by atoms with Crippen LogP contribution in [0.15, 0.2) is 6.20 Å². The molecule has 1 saturated carbocycles. The van der Waals surface area contributed by atoms with E-state index >= 15 is 0 Å². The topological polar surface area (TPSA) is 34.9 Å². The Balaban J connectivity index is 2.16. The van der Waals surface area contributed by atoms with Crippen molar-refractivity contribution in [3.05, 3.63) is 16.9 Å². The molecular formula is C12H14ClF3N2O. The molecular weight excluding hydrogens is 281 g/mol. The van der Waals surface area contributed by atoms with Gasteiger partial charge in [-0.2, -0.15) is 18.3 Å². The molecule has 0 spiro atoms. The Morgan fingerprint density at radius 1 is 1.47 bits per heavy atom. The summed E-state index contributed by atoms with van der Waals surface area (Å²) in [4.78, 5) is 12.3. The van der Waals surface area contributed by atoms with Crippen molar-refractivity contribution in [1.29, 1.82) is 0 Å². The Bertz CT molecular complexity index is 464. The van der Waals surface area contributed by atoms with Gasteiger partial charge in [-0.15, -0.1) is 0 Å². The highest BCUT2D eigenvalue weighted by Crippen LogP contribution is 2.41. The first-order chi connectivity index (χ1) is 8.80. The molecule has 1 aromatic heterocycles. The molecule has 1 aliphatic carbocycles. The summed E-state index contributed by atoms with van der Waals surface area (Å²) in [5, 5.41) is 4.04.